The van der Waals surface area contributed by atoms with Crippen molar-refractivity contribution in [3.05, 3.63) is 48.0 Å². The van der Waals surface area contributed by atoms with E-state index in [-0.39, 0.29) is 11.8 Å². The van der Waals surface area contributed by atoms with Crippen LogP contribution in [0.25, 0.3) is 0 Å². The predicted molar refractivity (Wildman–Crippen MR) is 97.3 cm³/mol. The Morgan fingerprint density at radius 3 is 2.40 bits per heavy atom. The largest absolute Gasteiger partial charge is 0.353 e. The fourth-order valence-corrected chi connectivity index (χ4v) is 3.11. The Morgan fingerprint density at radius 2 is 1.76 bits per heavy atom. The summed E-state index contributed by atoms with van der Waals surface area (Å²) in [5, 5.41) is 11.3. The first-order valence-electron chi connectivity index (χ1n) is 8.94. The summed E-state index contributed by atoms with van der Waals surface area (Å²) in [6.45, 7) is 4.89. The van der Waals surface area contributed by atoms with Crippen molar-refractivity contribution in [3.63, 3.8) is 0 Å². The molecule has 2 heterocycles. The molecule has 1 saturated carbocycles. The maximum absolute atomic E-state index is 11.8. The predicted octanol–water partition coefficient (Wildman–Crippen LogP) is 2.15. The van der Waals surface area contributed by atoms with E-state index in [9.17, 15) is 4.79 Å². The highest BCUT2D eigenvalue weighted by molar-refractivity contribution is 5.93. The van der Waals surface area contributed by atoms with Crippen molar-refractivity contribution >= 4 is 17.5 Å². The van der Waals surface area contributed by atoms with Crippen LogP contribution in [0.3, 0.4) is 0 Å². The summed E-state index contributed by atoms with van der Waals surface area (Å²) in [5.74, 6) is 1.67. The van der Waals surface area contributed by atoms with Crippen LogP contribution >= 0.6 is 0 Å². The normalized spacial score (nSPS) is 18.2. The first-order chi connectivity index (χ1) is 12.3. The third-order valence-corrected chi connectivity index (χ3v) is 4.80. The number of anilines is 2. The smallest absolute Gasteiger partial charge is 0.228 e. The van der Waals surface area contributed by atoms with Gasteiger partial charge < -0.3 is 10.2 Å². The lowest BCUT2D eigenvalue weighted by atomic mass is 10.2. The van der Waals surface area contributed by atoms with Crippen LogP contribution in [0.1, 0.15) is 18.4 Å². The molecular weight excluding hydrogens is 314 g/mol. The number of carbonyl (C=O) groups is 1. The molecule has 0 atom stereocenters. The summed E-state index contributed by atoms with van der Waals surface area (Å²) in [5.41, 5.74) is 1.35. The first kappa shape index (κ1) is 16.0. The van der Waals surface area contributed by atoms with Gasteiger partial charge in [-0.25, -0.2) is 0 Å². The zero-order valence-electron chi connectivity index (χ0n) is 14.3. The molecular formula is C19H23N5O. The molecule has 1 aromatic heterocycles. The monoisotopic (exact) mass is 337 g/mol. The molecule has 1 saturated heterocycles. The van der Waals surface area contributed by atoms with Crippen LogP contribution < -0.4 is 10.2 Å². The average molecular weight is 337 g/mol. The van der Waals surface area contributed by atoms with Crippen molar-refractivity contribution in [2.75, 3.05) is 36.4 Å². The Morgan fingerprint density at radius 1 is 1.00 bits per heavy atom. The summed E-state index contributed by atoms with van der Waals surface area (Å²) >= 11 is 0. The molecule has 1 amide bonds. The van der Waals surface area contributed by atoms with Crippen LogP contribution in [0.2, 0.25) is 0 Å². The SMILES string of the molecule is O=C(Nc1ccc(N2CCN(Cc3ccccc3)CC2)nn1)C1CC1. The van der Waals surface area contributed by atoms with Gasteiger partial charge in [0.1, 0.15) is 0 Å². The minimum Gasteiger partial charge on any atom is -0.353 e. The van der Waals surface area contributed by atoms with Gasteiger partial charge >= 0.3 is 0 Å². The molecule has 6 heteroatoms. The van der Waals surface area contributed by atoms with Crippen LogP contribution in [0.5, 0.6) is 0 Å². The third-order valence-electron chi connectivity index (χ3n) is 4.80. The van der Waals surface area contributed by atoms with Crippen LogP contribution in [0.15, 0.2) is 42.5 Å². The molecule has 130 valence electrons. The molecule has 1 aliphatic heterocycles. The van der Waals surface area contributed by atoms with E-state index in [0.29, 0.717) is 5.82 Å². The van der Waals surface area contributed by atoms with Crippen LogP contribution in [0.4, 0.5) is 11.6 Å². The minimum absolute atomic E-state index is 0.0663. The molecule has 1 N–H and O–H groups in total. The van der Waals surface area contributed by atoms with E-state index >= 15 is 0 Å². The second-order valence-corrected chi connectivity index (χ2v) is 6.79. The number of carbonyl (C=O) groups excluding carboxylic acids is 1. The topological polar surface area (TPSA) is 61.4 Å². The first-order valence-corrected chi connectivity index (χ1v) is 8.94. The van der Waals surface area contributed by atoms with Crippen molar-refractivity contribution in [1.29, 1.82) is 0 Å². The molecule has 25 heavy (non-hydrogen) atoms. The maximum Gasteiger partial charge on any atom is 0.228 e. The molecule has 0 unspecified atom stereocenters. The molecule has 0 spiro atoms. The van der Waals surface area contributed by atoms with E-state index in [1.54, 1.807) is 0 Å². The van der Waals surface area contributed by atoms with Crippen molar-refractivity contribution in [3.8, 4) is 0 Å². The number of benzene rings is 1. The van der Waals surface area contributed by atoms with E-state index < -0.39 is 0 Å². The van der Waals surface area contributed by atoms with Crippen molar-refractivity contribution in [2.24, 2.45) is 5.92 Å². The molecule has 1 aliphatic carbocycles. The lowest BCUT2D eigenvalue weighted by Gasteiger charge is -2.35. The summed E-state index contributed by atoms with van der Waals surface area (Å²) in [7, 11) is 0. The van der Waals surface area contributed by atoms with Gasteiger partial charge in [0.05, 0.1) is 0 Å². The molecule has 6 nitrogen and oxygen atoms in total. The van der Waals surface area contributed by atoms with Gasteiger partial charge in [-0.1, -0.05) is 30.3 Å². The van der Waals surface area contributed by atoms with Gasteiger partial charge in [0, 0.05) is 38.6 Å². The molecule has 0 bridgehead atoms. The van der Waals surface area contributed by atoms with E-state index in [1.807, 2.05) is 12.1 Å². The zero-order chi connectivity index (χ0) is 17.1. The standard InChI is InChI=1S/C19H23N5O/c25-19(16-6-7-16)20-17-8-9-18(22-21-17)24-12-10-23(11-13-24)14-15-4-2-1-3-5-15/h1-5,8-9,16H,6-7,10-14H2,(H,20,21,25). The quantitative estimate of drug-likeness (QED) is 0.906. The molecule has 1 aromatic carbocycles. The van der Waals surface area contributed by atoms with E-state index in [2.05, 4.69) is 55.6 Å². The number of rotatable bonds is 5. The van der Waals surface area contributed by atoms with Gasteiger partial charge in [-0.15, -0.1) is 10.2 Å². The van der Waals surface area contributed by atoms with Crippen molar-refractivity contribution in [2.45, 2.75) is 19.4 Å². The summed E-state index contributed by atoms with van der Waals surface area (Å²) in [4.78, 5) is 16.5. The molecule has 2 aliphatic rings. The number of aromatic nitrogens is 2. The number of amides is 1. The Hall–Kier alpha value is -2.47. The zero-order valence-corrected chi connectivity index (χ0v) is 14.3. The van der Waals surface area contributed by atoms with Gasteiger partial charge in [0.15, 0.2) is 11.6 Å². The number of piperazine rings is 1. The third kappa shape index (κ3) is 4.14. The Bertz CT molecular complexity index is 706. The fraction of sp³-hybridized carbons (Fsp3) is 0.421. The van der Waals surface area contributed by atoms with Gasteiger partial charge in [0.2, 0.25) is 5.91 Å². The summed E-state index contributed by atoms with van der Waals surface area (Å²) in [6, 6.07) is 14.4. The highest BCUT2D eigenvalue weighted by Gasteiger charge is 2.29. The summed E-state index contributed by atoms with van der Waals surface area (Å²) in [6.07, 6.45) is 1.98. The highest BCUT2D eigenvalue weighted by Crippen LogP contribution is 2.30. The molecule has 2 aromatic rings. The van der Waals surface area contributed by atoms with Crippen molar-refractivity contribution in [1.82, 2.24) is 15.1 Å². The minimum atomic E-state index is 0.0663. The lowest BCUT2D eigenvalue weighted by Crippen LogP contribution is -2.46. The van der Waals surface area contributed by atoms with E-state index in [4.69, 9.17) is 0 Å². The molecule has 2 fully saturated rings. The van der Waals surface area contributed by atoms with Crippen LogP contribution in [-0.2, 0) is 11.3 Å². The lowest BCUT2D eigenvalue weighted by molar-refractivity contribution is -0.117. The number of hydrogen-bond acceptors (Lipinski definition) is 5. The van der Waals surface area contributed by atoms with Crippen molar-refractivity contribution < 1.29 is 4.79 Å². The van der Waals surface area contributed by atoms with Crippen LogP contribution in [0, 0.1) is 5.92 Å². The van der Waals surface area contributed by atoms with Gasteiger partial charge in [-0.05, 0) is 30.5 Å². The fourth-order valence-electron chi connectivity index (χ4n) is 3.11. The Labute approximate surface area is 147 Å². The van der Waals surface area contributed by atoms with E-state index in [1.165, 1.54) is 5.56 Å². The average Bonchev–Trinajstić information content (AvgIpc) is 3.49. The number of hydrogen-bond donors (Lipinski definition) is 1. The van der Waals surface area contributed by atoms with Gasteiger partial charge in [-0.2, -0.15) is 0 Å². The van der Waals surface area contributed by atoms with Gasteiger partial charge in [-0.3, -0.25) is 9.69 Å². The highest BCUT2D eigenvalue weighted by atomic mass is 16.2. The van der Waals surface area contributed by atoms with Crippen LogP contribution in [-0.4, -0.2) is 47.2 Å². The molecule has 0 radical (unpaired) electrons. The Balaban J connectivity index is 1.29. The number of nitrogens with one attached hydrogen (secondary N) is 1. The Kier molecular flexibility index (Phi) is 4.61. The van der Waals surface area contributed by atoms with Gasteiger partial charge in [0.25, 0.3) is 0 Å². The maximum atomic E-state index is 11.8. The second kappa shape index (κ2) is 7.19. The number of nitrogens with zero attached hydrogens (tertiary/aromatic N) is 4. The van der Waals surface area contributed by atoms with E-state index in [0.717, 1.165) is 51.4 Å². The molecule has 4 rings (SSSR count). The summed E-state index contributed by atoms with van der Waals surface area (Å²) < 4.78 is 0. The second-order valence-electron chi connectivity index (χ2n) is 6.79.